The predicted molar refractivity (Wildman–Crippen MR) is 118 cm³/mol. The number of benzene rings is 2. The van der Waals surface area contributed by atoms with Gasteiger partial charge >= 0.3 is 11.8 Å². The summed E-state index contributed by atoms with van der Waals surface area (Å²) >= 11 is 1.59. The summed E-state index contributed by atoms with van der Waals surface area (Å²) in [6.45, 7) is 0.0860. The number of carbonyl (C=O) groups excluding carboxylic acids is 3. The van der Waals surface area contributed by atoms with Crippen LogP contribution in [0.15, 0.2) is 72.1 Å². The molecule has 1 aromatic heterocycles. The smallest absolute Gasteiger partial charge is 0.309 e. The minimum absolute atomic E-state index is 0.281. The molecule has 0 saturated carbocycles. The molecule has 0 aliphatic heterocycles. The lowest BCUT2D eigenvalue weighted by Crippen LogP contribution is -2.43. The summed E-state index contributed by atoms with van der Waals surface area (Å²) in [4.78, 5) is 37.1. The van der Waals surface area contributed by atoms with Gasteiger partial charge in [0, 0.05) is 17.1 Å². The zero-order valence-corrected chi connectivity index (χ0v) is 17.2. The summed E-state index contributed by atoms with van der Waals surface area (Å²) in [5.41, 5.74) is 2.78. The van der Waals surface area contributed by atoms with E-state index in [0.717, 1.165) is 16.0 Å². The van der Waals surface area contributed by atoms with Crippen LogP contribution in [0, 0.1) is 0 Å². The van der Waals surface area contributed by atoms with Gasteiger partial charge in [-0.25, -0.2) is 0 Å². The van der Waals surface area contributed by atoms with Gasteiger partial charge in [0.2, 0.25) is 5.91 Å². The SMILES string of the molecule is O=C(CNC(=O)C(=O)NCCc1cccs1)Nc1ccccc1Cc1ccccc1. The van der Waals surface area contributed by atoms with Crippen LogP contribution in [-0.2, 0) is 27.2 Å². The predicted octanol–water partition coefficient (Wildman–Crippen LogP) is 2.75. The third kappa shape index (κ3) is 6.56. The Balaban J connectivity index is 1.45. The van der Waals surface area contributed by atoms with E-state index in [0.29, 0.717) is 25.1 Å². The third-order valence-electron chi connectivity index (χ3n) is 4.38. The quantitative estimate of drug-likeness (QED) is 0.489. The maximum absolute atomic E-state index is 12.3. The van der Waals surface area contributed by atoms with Gasteiger partial charge in [0.25, 0.3) is 0 Å². The summed E-state index contributed by atoms with van der Waals surface area (Å²) in [6.07, 6.45) is 1.34. The molecule has 154 valence electrons. The number of hydrogen-bond acceptors (Lipinski definition) is 4. The van der Waals surface area contributed by atoms with Crippen molar-refractivity contribution in [3.63, 3.8) is 0 Å². The number of nitrogens with one attached hydrogen (secondary N) is 3. The maximum Gasteiger partial charge on any atom is 0.309 e. The van der Waals surface area contributed by atoms with E-state index >= 15 is 0 Å². The highest BCUT2D eigenvalue weighted by molar-refractivity contribution is 7.09. The van der Waals surface area contributed by atoms with Gasteiger partial charge in [-0.2, -0.15) is 0 Å². The molecule has 6 nitrogen and oxygen atoms in total. The van der Waals surface area contributed by atoms with Crippen molar-refractivity contribution in [3.05, 3.63) is 88.1 Å². The van der Waals surface area contributed by atoms with E-state index in [-0.39, 0.29) is 6.54 Å². The Bertz CT molecular complexity index is 988. The van der Waals surface area contributed by atoms with Gasteiger partial charge in [0.1, 0.15) is 0 Å². The molecule has 30 heavy (non-hydrogen) atoms. The minimum Gasteiger partial charge on any atom is -0.347 e. The molecular weight excluding hydrogens is 398 g/mol. The van der Waals surface area contributed by atoms with E-state index in [2.05, 4.69) is 16.0 Å². The van der Waals surface area contributed by atoms with Gasteiger partial charge in [0.05, 0.1) is 6.54 Å². The lowest BCUT2D eigenvalue weighted by molar-refractivity contribution is -0.139. The molecule has 0 spiro atoms. The highest BCUT2D eigenvalue weighted by Crippen LogP contribution is 2.19. The monoisotopic (exact) mass is 421 g/mol. The number of carbonyl (C=O) groups is 3. The van der Waals surface area contributed by atoms with Crippen molar-refractivity contribution >= 4 is 34.7 Å². The van der Waals surface area contributed by atoms with Gasteiger partial charge in [-0.3, -0.25) is 14.4 Å². The first kappa shape index (κ1) is 21.3. The molecular formula is C23H23N3O3S. The Morgan fingerprint density at radius 3 is 2.30 bits per heavy atom. The van der Waals surface area contributed by atoms with Crippen LogP contribution < -0.4 is 16.0 Å². The molecule has 1 heterocycles. The highest BCUT2D eigenvalue weighted by atomic mass is 32.1. The number of rotatable bonds is 8. The van der Waals surface area contributed by atoms with E-state index in [1.54, 1.807) is 11.3 Å². The van der Waals surface area contributed by atoms with Crippen molar-refractivity contribution in [1.29, 1.82) is 0 Å². The molecule has 3 aromatic rings. The van der Waals surface area contributed by atoms with Crippen LogP contribution in [0.5, 0.6) is 0 Å². The lowest BCUT2D eigenvalue weighted by atomic mass is 10.0. The second kappa shape index (κ2) is 10.9. The fourth-order valence-electron chi connectivity index (χ4n) is 2.88. The normalized spacial score (nSPS) is 10.3. The zero-order valence-electron chi connectivity index (χ0n) is 16.4. The maximum atomic E-state index is 12.3. The summed E-state index contributed by atoms with van der Waals surface area (Å²) in [5.74, 6) is -1.96. The fraction of sp³-hybridized carbons (Fsp3) is 0.174. The largest absolute Gasteiger partial charge is 0.347 e. The van der Waals surface area contributed by atoms with E-state index in [1.807, 2.05) is 72.1 Å². The molecule has 3 rings (SSSR count). The van der Waals surface area contributed by atoms with Crippen LogP contribution in [0.3, 0.4) is 0 Å². The van der Waals surface area contributed by atoms with Crippen molar-refractivity contribution in [2.45, 2.75) is 12.8 Å². The van der Waals surface area contributed by atoms with E-state index in [4.69, 9.17) is 0 Å². The molecule has 0 unspecified atom stereocenters. The number of para-hydroxylation sites is 1. The Hall–Kier alpha value is -3.45. The van der Waals surface area contributed by atoms with E-state index < -0.39 is 17.7 Å². The average molecular weight is 422 g/mol. The number of thiophene rings is 1. The van der Waals surface area contributed by atoms with Crippen LogP contribution in [0.4, 0.5) is 5.69 Å². The summed E-state index contributed by atoms with van der Waals surface area (Å²) < 4.78 is 0. The van der Waals surface area contributed by atoms with Gasteiger partial charge < -0.3 is 16.0 Å². The van der Waals surface area contributed by atoms with Crippen LogP contribution in [0.1, 0.15) is 16.0 Å². The molecule has 0 aliphatic carbocycles. The van der Waals surface area contributed by atoms with Crippen molar-refractivity contribution in [3.8, 4) is 0 Å². The van der Waals surface area contributed by atoms with Gasteiger partial charge in [-0.1, -0.05) is 54.6 Å². The molecule has 3 amide bonds. The molecule has 2 aromatic carbocycles. The third-order valence-corrected chi connectivity index (χ3v) is 5.32. The number of amides is 3. The van der Waals surface area contributed by atoms with Crippen LogP contribution in [0.2, 0.25) is 0 Å². The standard InChI is InChI=1S/C23H23N3O3S/c27-21(16-25-23(29)22(28)24-13-12-19-10-6-14-30-19)26-20-11-5-4-9-18(20)15-17-7-2-1-3-8-17/h1-11,14H,12-13,15-16H2,(H,24,28)(H,25,29)(H,26,27). The summed E-state index contributed by atoms with van der Waals surface area (Å²) in [6, 6.07) is 21.4. The molecule has 0 radical (unpaired) electrons. The molecule has 0 saturated heterocycles. The van der Waals surface area contributed by atoms with Crippen molar-refractivity contribution < 1.29 is 14.4 Å². The summed E-state index contributed by atoms with van der Waals surface area (Å²) in [5, 5.41) is 9.67. The first-order valence-corrected chi connectivity index (χ1v) is 10.5. The minimum atomic E-state index is -0.825. The zero-order chi connectivity index (χ0) is 21.2. The van der Waals surface area contributed by atoms with Crippen molar-refractivity contribution in [2.75, 3.05) is 18.4 Å². The summed E-state index contributed by atoms with van der Waals surface area (Å²) in [7, 11) is 0. The van der Waals surface area contributed by atoms with E-state index in [1.165, 1.54) is 0 Å². The van der Waals surface area contributed by atoms with E-state index in [9.17, 15) is 14.4 Å². The Morgan fingerprint density at radius 2 is 1.53 bits per heavy atom. The Morgan fingerprint density at radius 1 is 0.800 bits per heavy atom. The van der Waals surface area contributed by atoms with Gasteiger partial charge in [-0.05, 0) is 41.5 Å². The van der Waals surface area contributed by atoms with Crippen LogP contribution >= 0.6 is 11.3 Å². The average Bonchev–Trinajstić information content (AvgIpc) is 3.27. The van der Waals surface area contributed by atoms with Gasteiger partial charge in [-0.15, -0.1) is 11.3 Å². The van der Waals surface area contributed by atoms with Gasteiger partial charge in [0.15, 0.2) is 0 Å². The van der Waals surface area contributed by atoms with Crippen molar-refractivity contribution in [2.24, 2.45) is 0 Å². The Kier molecular flexibility index (Phi) is 7.74. The first-order chi connectivity index (χ1) is 14.6. The molecule has 7 heteroatoms. The molecule has 0 atom stereocenters. The Labute approximate surface area is 179 Å². The second-order valence-electron chi connectivity index (χ2n) is 6.64. The highest BCUT2D eigenvalue weighted by Gasteiger charge is 2.15. The number of hydrogen-bond donors (Lipinski definition) is 3. The molecule has 0 fully saturated rings. The first-order valence-electron chi connectivity index (χ1n) is 9.62. The molecule has 0 aliphatic rings. The fourth-order valence-corrected chi connectivity index (χ4v) is 3.59. The molecule has 0 bridgehead atoms. The molecule has 3 N–H and O–H groups in total. The number of anilines is 1. The van der Waals surface area contributed by atoms with Crippen molar-refractivity contribution in [1.82, 2.24) is 10.6 Å². The van der Waals surface area contributed by atoms with Crippen LogP contribution in [-0.4, -0.2) is 30.8 Å². The second-order valence-corrected chi connectivity index (χ2v) is 7.67. The topological polar surface area (TPSA) is 87.3 Å². The lowest BCUT2D eigenvalue weighted by Gasteiger charge is -2.12. The van der Waals surface area contributed by atoms with Crippen LogP contribution in [0.25, 0.3) is 0 Å².